The second-order valence-corrected chi connectivity index (χ2v) is 4.99. The third-order valence-electron chi connectivity index (χ3n) is 3.26. The minimum atomic E-state index is -0.264. The van der Waals surface area contributed by atoms with Gasteiger partial charge < -0.3 is 9.84 Å². The Bertz CT molecular complexity index is 764. The highest BCUT2D eigenvalue weighted by Crippen LogP contribution is 2.18. The Morgan fingerprint density at radius 2 is 2.05 bits per heavy atom. The molecule has 0 atom stereocenters. The first kappa shape index (κ1) is 14.0. The van der Waals surface area contributed by atoms with Gasteiger partial charge in [0.2, 0.25) is 0 Å². The maximum atomic E-state index is 12.1. The standard InChI is InChI=1S/C17H15N3O2/c1-12-4-6-13(7-5-12)10-19-17(21)15-9-16(22-20-15)14-3-2-8-18-11-14/h2-9,11H,10H2,1H3,(H,19,21). The van der Waals surface area contributed by atoms with E-state index >= 15 is 0 Å². The molecule has 110 valence electrons. The van der Waals surface area contributed by atoms with E-state index in [1.165, 1.54) is 5.56 Å². The van der Waals surface area contributed by atoms with Gasteiger partial charge in [-0.15, -0.1) is 0 Å². The summed E-state index contributed by atoms with van der Waals surface area (Å²) in [6.07, 6.45) is 3.34. The summed E-state index contributed by atoms with van der Waals surface area (Å²) in [5.41, 5.74) is 3.26. The molecule has 22 heavy (non-hydrogen) atoms. The van der Waals surface area contributed by atoms with E-state index in [2.05, 4.69) is 15.5 Å². The summed E-state index contributed by atoms with van der Waals surface area (Å²) < 4.78 is 5.19. The normalized spacial score (nSPS) is 10.4. The fourth-order valence-electron chi connectivity index (χ4n) is 2.01. The van der Waals surface area contributed by atoms with Crippen LogP contribution in [0.25, 0.3) is 11.3 Å². The zero-order chi connectivity index (χ0) is 15.4. The summed E-state index contributed by atoms with van der Waals surface area (Å²) in [5, 5.41) is 6.63. The molecule has 3 aromatic rings. The molecule has 0 bridgehead atoms. The predicted octanol–water partition coefficient (Wildman–Crippen LogP) is 2.98. The summed E-state index contributed by atoms with van der Waals surface area (Å²) in [4.78, 5) is 16.1. The van der Waals surface area contributed by atoms with Crippen LogP contribution in [0.5, 0.6) is 0 Å². The van der Waals surface area contributed by atoms with Crippen molar-refractivity contribution in [2.45, 2.75) is 13.5 Å². The number of carbonyl (C=O) groups is 1. The van der Waals surface area contributed by atoms with Crippen molar-refractivity contribution in [3.05, 3.63) is 71.7 Å². The van der Waals surface area contributed by atoms with Crippen molar-refractivity contribution in [2.75, 3.05) is 0 Å². The average Bonchev–Trinajstić information content (AvgIpc) is 3.05. The molecule has 2 aromatic heterocycles. The van der Waals surface area contributed by atoms with Gasteiger partial charge in [-0.3, -0.25) is 9.78 Å². The molecule has 1 amide bonds. The van der Waals surface area contributed by atoms with Crippen LogP contribution in [0.2, 0.25) is 0 Å². The molecule has 0 fully saturated rings. The number of amides is 1. The minimum absolute atomic E-state index is 0.256. The number of aromatic nitrogens is 2. The van der Waals surface area contributed by atoms with E-state index < -0.39 is 0 Å². The van der Waals surface area contributed by atoms with Gasteiger partial charge in [0.15, 0.2) is 11.5 Å². The van der Waals surface area contributed by atoms with Crippen molar-refractivity contribution in [2.24, 2.45) is 0 Å². The summed E-state index contributed by atoms with van der Waals surface area (Å²) in [5.74, 6) is 0.257. The average molecular weight is 293 g/mol. The lowest BCUT2D eigenvalue weighted by molar-refractivity contribution is 0.0942. The molecule has 5 heteroatoms. The molecule has 5 nitrogen and oxygen atoms in total. The molecule has 0 unspecified atom stereocenters. The second-order valence-electron chi connectivity index (χ2n) is 4.99. The molecule has 0 aliphatic carbocycles. The molecule has 0 saturated heterocycles. The maximum Gasteiger partial charge on any atom is 0.273 e. The van der Waals surface area contributed by atoms with E-state index in [1.54, 1.807) is 24.5 Å². The van der Waals surface area contributed by atoms with Gasteiger partial charge in [-0.25, -0.2) is 0 Å². The van der Waals surface area contributed by atoms with E-state index in [4.69, 9.17) is 4.52 Å². The fraction of sp³-hybridized carbons (Fsp3) is 0.118. The number of benzene rings is 1. The number of aryl methyl sites for hydroxylation is 1. The molecule has 0 aliphatic heterocycles. The van der Waals surface area contributed by atoms with Crippen LogP contribution >= 0.6 is 0 Å². The quantitative estimate of drug-likeness (QED) is 0.803. The third kappa shape index (κ3) is 3.20. The van der Waals surface area contributed by atoms with Crippen LogP contribution in [0.1, 0.15) is 21.6 Å². The lowest BCUT2D eigenvalue weighted by Crippen LogP contribution is -2.22. The topological polar surface area (TPSA) is 68.0 Å². The van der Waals surface area contributed by atoms with Crippen LogP contribution < -0.4 is 5.32 Å². The molecular formula is C17H15N3O2. The zero-order valence-corrected chi connectivity index (χ0v) is 12.1. The van der Waals surface area contributed by atoms with E-state index in [-0.39, 0.29) is 11.6 Å². The van der Waals surface area contributed by atoms with Crippen molar-refractivity contribution in [3.8, 4) is 11.3 Å². The number of hydrogen-bond donors (Lipinski definition) is 1. The van der Waals surface area contributed by atoms with Crippen molar-refractivity contribution in [1.29, 1.82) is 0 Å². The van der Waals surface area contributed by atoms with Gasteiger partial charge in [-0.1, -0.05) is 35.0 Å². The molecule has 1 aromatic carbocycles. The Labute approximate surface area is 128 Å². The molecule has 1 N–H and O–H groups in total. The molecule has 3 rings (SSSR count). The van der Waals surface area contributed by atoms with Crippen LogP contribution in [-0.2, 0) is 6.54 Å². The molecule has 2 heterocycles. The van der Waals surface area contributed by atoms with Crippen molar-refractivity contribution >= 4 is 5.91 Å². The first-order valence-corrected chi connectivity index (χ1v) is 6.93. The van der Waals surface area contributed by atoms with Gasteiger partial charge in [0, 0.05) is 30.6 Å². The molecular weight excluding hydrogens is 278 g/mol. The van der Waals surface area contributed by atoms with E-state index in [1.807, 2.05) is 37.3 Å². The first-order chi connectivity index (χ1) is 10.7. The van der Waals surface area contributed by atoms with Crippen LogP contribution in [0, 0.1) is 6.92 Å². The summed E-state index contributed by atoms with van der Waals surface area (Å²) in [6.45, 7) is 2.48. The Morgan fingerprint density at radius 1 is 1.23 bits per heavy atom. The molecule has 0 aliphatic rings. The van der Waals surface area contributed by atoms with Gasteiger partial charge in [0.05, 0.1) is 0 Å². The minimum Gasteiger partial charge on any atom is -0.355 e. The third-order valence-corrected chi connectivity index (χ3v) is 3.26. The summed E-state index contributed by atoms with van der Waals surface area (Å²) in [7, 11) is 0. The predicted molar refractivity (Wildman–Crippen MR) is 82.1 cm³/mol. The monoisotopic (exact) mass is 293 g/mol. The van der Waals surface area contributed by atoms with Crippen LogP contribution in [-0.4, -0.2) is 16.0 Å². The Kier molecular flexibility index (Phi) is 3.96. The van der Waals surface area contributed by atoms with Gasteiger partial charge in [0.25, 0.3) is 5.91 Å². The molecule has 0 saturated carbocycles. The number of nitrogens with zero attached hydrogens (tertiary/aromatic N) is 2. The zero-order valence-electron chi connectivity index (χ0n) is 12.1. The van der Waals surface area contributed by atoms with Crippen LogP contribution in [0.3, 0.4) is 0 Å². The number of nitrogens with one attached hydrogen (secondary N) is 1. The van der Waals surface area contributed by atoms with E-state index in [9.17, 15) is 4.79 Å². The lowest BCUT2D eigenvalue weighted by Gasteiger charge is -2.03. The molecule has 0 radical (unpaired) electrons. The van der Waals surface area contributed by atoms with Crippen molar-refractivity contribution in [3.63, 3.8) is 0 Å². The number of carbonyl (C=O) groups excluding carboxylic acids is 1. The lowest BCUT2D eigenvalue weighted by atomic mass is 10.1. The highest BCUT2D eigenvalue weighted by atomic mass is 16.5. The highest BCUT2D eigenvalue weighted by molar-refractivity contribution is 5.93. The smallest absolute Gasteiger partial charge is 0.273 e. The largest absolute Gasteiger partial charge is 0.355 e. The first-order valence-electron chi connectivity index (χ1n) is 6.93. The number of rotatable bonds is 4. The van der Waals surface area contributed by atoms with E-state index in [0.29, 0.717) is 12.3 Å². The molecule has 0 spiro atoms. The Hall–Kier alpha value is -2.95. The Balaban J connectivity index is 1.66. The van der Waals surface area contributed by atoms with Crippen molar-refractivity contribution < 1.29 is 9.32 Å². The van der Waals surface area contributed by atoms with Gasteiger partial charge in [-0.2, -0.15) is 0 Å². The van der Waals surface area contributed by atoms with Gasteiger partial charge in [-0.05, 0) is 24.6 Å². The highest BCUT2D eigenvalue weighted by Gasteiger charge is 2.13. The van der Waals surface area contributed by atoms with E-state index in [0.717, 1.165) is 11.1 Å². The number of hydrogen-bond acceptors (Lipinski definition) is 4. The summed E-state index contributed by atoms with van der Waals surface area (Å²) in [6, 6.07) is 13.3. The maximum absolute atomic E-state index is 12.1. The van der Waals surface area contributed by atoms with Crippen LogP contribution in [0.4, 0.5) is 0 Å². The second kappa shape index (κ2) is 6.22. The van der Waals surface area contributed by atoms with Gasteiger partial charge >= 0.3 is 0 Å². The van der Waals surface area contributed by atoms with Crippen LogP contribution in [0.15, 0.2) is 59.4 Å². The Morgan fingerprint density at radius 3 is 2.77 bits per heavy atom. The summed E-state index contributed by atoms with van der Waals surface area (Å²) >= 11 is 0. The SMILES string of the molecule is Cc1ccc(CNC(=O)c2cc(-c3cccnc3)on2)cc1. The van der Waals surface area contributed by atoms with Crippen molar-refractivity contribution in [1.82, 2.24) is 15.5 Å². The number of pyridine rings is 1. The fourth-order valence-corrected chi connectivity index (χ4v) is 2.01. The van der Waals surface area contributed by atoms with Gasteiger partial charge in [0.1, 0.15) is 0 Å².